The third kappa shape index (κ3) is 3.15. The van der Waals surface area contributed by atoms with Gasteiger partial charge in [-0.1, -0.05) is 18.2 Å². The Morgan fingerprint density at radius 1 is 1.23 bits per heavy atom. The number of imidazole rings is 1. The maximum atomic E-state index is 12.9. The SMILES string of the molecule is Cn1ccnc1C1(O)CCN(CC(=O)N2CCCc3ccccc32)CC1. The molecule has 0 spiro atoms. The van der Waals surface area contributed by atoms with E-state index in [0.29, 0.717) is 38.3 Å². The molecule has 1 fully saturated rings. The predicted molar refractivity (Wildman–Crippen MR) is 99.9 cm³/mol. The van der Waals surface area contributed by atoms with Gasteiger partial charge in [-0.15, -0.1) is 0 Å². The maximum Gasteiger partial charge on any atom is 0.241 e. The molecule has 26 heavy (non-hydrogen) atoms. The van der Waals surface area contributed by atoms with Crippen LogP contribution in [-0.2, 0) is 23.9 Å². The minimum absolute atomic E-state index is 0.152. The van der Waals surface area contributed by atoms with Crippen molar-refractivity contribution in [3.05, 3.63) is 48.0 Å². The van der Waals surface area contributed by atoms with Crippen LogP contribution in [0.3, 0.4) is 0 Å². The number of likely N-dealkylation sites (tertiary alicyclic amines) is 1. The summed E-state index contributed by atoms with van der Waals surface area (Å²) >= 11 is 0. The standard InChI is InChI=1S/C20H26N4O2/c1-22-14-10-21-19(22)20(26)8-12-23(13-9-20)15-18(25)24-11-4-6-16-5-2-3-7-17(16)24/h2-3,5,7,10,14,26H,4,6,8-9,11-13,15H2,1H3. The van der Waals surface area contributed by atoms with E-state index in [9.17, 15) is 9.90 Å². The maximum absolute atomic E-state index is 12.9. The number of hydrogen-bond acceptors (Lipinski definition) is 4. The Morgan fingerprint density at radius 3 is 2.73 bits per heavy atom. The number of benzene rings is 1. The molecule has 2 aromatic rings. The zero-order chi connectivity index (χ0) is 18.1. The molecule has 1 N–H and O–H groups in total. The molecule has 6 heteroatoms. The van der Waals surface area contributed by atoms with Crippen LogP contribution in [0.25, 0.3) is 0 Å². The number of piperidine rings is 1. The van der Waals surface area contributed by atoms with Gasteiger partial charge in [0.05, 0.1) is 6.54 Å². The highest BCUT2D eigenvalue weighted by atomic mass is 16.3. The van der Waals surface area contributed by atoms with Gasteiger partial charge in [0.15, 0.2) is 0 Å². The Balaban J connectivity index is 1.39. The first-order valence-corrected chi connectivity index (χ1v) is 9.38. The number of rotatable bonds is 3. The van der Waals surface area contributed by atoms with Crippen molar-refractivity contribution in [3.8, 4) is 0 Å². The van der Waals surface area contributed by atoms with Crippen LogP contribution in [0.1, 0.15) is 30.7 Å². The second-order valence-corrected chi connectivity index (χ2v) is 7.45. The molecule has 1 amide bonds. The minimum Gasteiger partial charge on any atom is -0.382 e. The van der Waals surface area contributed by atoms with E-state index in [0.717, 1.165) is 25.1 Å². The van der Waals surface area contributed by atoms with Crippen molar-refractivity contribution in [2.24, 2.45) is 7.05 Å². The second-order valence-electron chi connectivity index (χ2n) is 7.45. The van der Waals surface area contributed by atoms with E-state index in [2.05, 4.69) is 16.0 Å². The van der Waals surface area contributed by atoms with Gasteiger partial charge in [0.25, 0.3) is 0 Å². The molecule has 0 bridgehead atoms. The number of fused-ring (bicyclic) bond motifs is 1. The average molecular weight is 354 g/mol. The summed E-state index contributed by atoms with van der Waals surface area (Å²) in [6.45, 7) is 2.60. The second kappa shape index (κ2) is 6.85. The molecule has 6 nitrogen and oxygen atoms in total. The fourth-order valence-corrected chi connectivity index (χ4v) is 4.19. The highest BCUT2D eigenvalue weighted by Crippen LogP contribution is 2.32. The molecule has 0 atom stereocenters. The quantitative estimate of drug-likeness (QED) is 0.911. The van der Waals surface area contributed by atoms with E-state index in [4.69, 9.17) is 0 Å². The molecule has 2 aliphatic heterocycles. The molecule has 1 aromatic heterocycles. The van der Waals surface area contributed by atoms with E-state index in [-0.39, 0.29) is 5.91 Å². The highest BCUT2D eigenvalue weighted by Gasteiger charge is 2.38. The van der Waals surface area contributed by atoms with Crippen molar-refractivity contribution >= 4 is 11.6 Å². The summed E-state index contributed by atoms with van der Waals surface area (Å²) in [5, 5.41) is 10.9. The van der Waals surface area contributed by atoms with Crippen molar-refractivity contribution in [3.63, 3.8) is 0 Å². The van der Waals surface area contributed by atoms with Crippen molar-refractivity contribution < 1.29 is 9.90 Å². The van der Waals surface area contributed by atoms with E-state index < -0.39 is 5.60 Å². The molecule has 3 heterocycles. The summed E-state index contributed by atoms with van der Waals surface area (Å²) in [6.07, 6.45) is 6.83. The van der Waals surface area contributed by atoms with Crippen molar-refractivity contribution in [2.75, 3.05) is 31.1 Å². The van der Waals surface area contributed by atoms with Crippen LogP contribution in [0, 0.1) is 0 Å². The lowest BCUT2D eigenvalue weighted by Crippen LogP contribution is -2.48. The number of amides is 1. The molecule has 1 aromatic carbocycles. The topological polar surface area (TPSA) is 61.6 Å². The molecule has 0 aliphatic carbocycles. The number of aryl methyl sites for hydroxylation is 2. The van der Waals surface area contributed by atoms with E-state index in [1.807, 2.05) is 40.9 Å². The van der Waals surface area contributed by atoms with Gasteiger partial charge >= 0.3 is 0 Å². The van der Waals surface area contributed by atoms with Gasteiger partial charge in [-0.3, -0.25) is 9.69 Å². The molecule has 2 aliphatic rings. The van der Waals surface area contributed by atoms with Crippen molar-refractivity contribution in [2.45, 2.75) is 31.3 Å². The van der Waals surface area contributed by atoms with Gasteiger partial charge in [-0.05, 0) is 37.3 Å². The van der Waals surface area contributed by atoms with Crippen LogP contribution in [0.2, 0.25) is 0 Å². The number of aliphatic hydroxyl groups is 1. The summed E-state index contributed by atoms with van der Waals surface area (Å²) in [6, 6.07) is 8.19. The number of nitrogens with zero attached hydrogens (tertiary/aromatic N) is 4. The fraction of sp³-hybridized carbons (Fsp3) is 0.500. The zero-order valence-electron chi connectivity index (χ0n) is 15.3. The Labute approximate surface area is 154 Å². The summed E-state index contributed by atoms with van der Waals surface area (Å²) in [5.74, 6) is 0.869. The molecule has 0 saturated carbocycles. The molecular formula is C20H26N4O2. The molecule has 1 saturated heterocycles. The minimum atomic E-state index is -0.893. The summed E-state index contributed by atoms with van der Waals surface area (Å²) in [5.41, 5.74) is 1.43. The Kier molecular flexibility index (Phi) is 4.54. The van der Waals surface area contributed by atoms with Crippen LogP contribution in [0.4, 0.5) is 5.69 Å². The van der Waals surface area contributed by atoms with Gasteiger partial charge in [0.1, 0.15) is 11.4 Å². The lowest BCUT2D eigenvalue weighted by Gasteiger charge is -2.38. The first-order chi connectivity index (χ1) is 12.6. The number of aromatic nitrogens is 2. The van der Waals surface area contributed by atoms with E-state index in [1.165, 1.54) is 5.56 Å². The smallest absolute Gasteiger partial charge is 0.241 e. The molecule has 4 rings (SSSR count). The van der Waals surface area contributed by atoms with Gasteiger partial charge in [0, 0.05) is 44.8 Å². The number of anilines is 1. The summed E-state index contributed by atoms with van der Waals surface area (Å²) < 4.78 is 1.88. The molecular weight excluding hydrogens is 328 g/mol. The number of hydrogen-bond donors (Lipinski definition) is 1. The van der Waals surface area contributed by atoms with Crippen LogP contribution in [0.5, 0.6) is 0 Å². The third-order valence-corrected chi connectivity index (χ3v) is 5.69. The normalized spacial score (nSPS) is 20.0. The predicted octanol–water partition coefficient (Wildman–Crippen LogP) is 1.68. The number of carbonyl (C=O) groups excluding carboxylic acids is 1. The first kappa shape index (κ1) is 17.2. The first-order valence-electron chi connectivity index (χ1n) is 9.38. The number of carbonyl (C=O) groups is 1. The molecule has 0 unspecified atom stereocenters. The Morgan fingerprint density at radius 2 is 2.00 bits per heavy atom. The van der Waals surface area contributed by atoms with Gasteiger partial charge in [-0.2, -0.15) is 0 Å². The monoisotopic (exact) mass is 354 g/mol. The van der Waals surface area contributed by atoms with Crippen LogP contribution < -0.4 is 4.90 Å². The van der Waals surface area contributed by atoms with Crippen LogP contribution in [0.15, 0.2) is 36.7 Å². The Hall–Kier alpha value is -2.18. The largest absolute Gasteiger partial charge is 0.382 e. The Bertz CT molecular complexity index is 793. The highest BCUT2D eigenvalue weighted by molar-refractivity contribution is 5.95. The fourth-order valence-electron chi connectivity index (χ4n) is 4.19. The lowest BCUT2D eigenvalue weighted by molar-refractivity contribution is -0.121. The summed E-state index contributed by atoms with van der Waals surface area (Å²) in [4.78, 5) is 21.3. The summed E-state index contributed by atoms with van der Waals surface area (Å²) in [7, 11) is 1.91. The van der Waals surface area contributed by atoms with Gasteiger partial charge < -0.3 is 14.6 Å². The van der Waals surface area contributed by atoms with Crippen molar-refractivity contribution in [1.82, 2.24) is 14.5 Å². The zero-order valence-corrected chi connectivity index (χ0v) is 15.3. The van der Waals surface area contributed by atoms with E-state index in [1.54, 1.807) is 6.20 Å². The van der Waals surface area contributed by atoms with Gasteiger partial charge in [0.2, 0.25) is 5.91 Å². The van der Waals surface area contributed by atoms with Crippen LogP contribution >= 0.6 is 0 Å². The molecule has 138 valence electrons. The van der Waals surface area contributed by atoms with E-state index >= 15 is 0 Å². The van der Waals surface area contributed by atoms with Crippen molar-refractivity contribution in [1.29, 1.82) is 0 Å². The van der Waals surface area contributed by atoms with Crippen LogP contribution in [-0.4, -0.2) is 51.6 Å². The molecule has 0 radical (unpaired) electrons. The lowest BCUT2D eigenvalue weighted by atomic mass is 9.90. The number of para-hydroxylation sites is 1. The van der Waals surface area contributed by atoms with Gasteiger partial charge in [-0.25, -0.2) is 4.98 Å². The average Bonchev–Trinajstić information content (AvgIpc) is 3.10. The third-order valence-electron chi connectivity index (χ3n) is 5.69.